The smallest absolute Gasteiger partial charge is 0.154 e. The molecular formula is C21H22N6O. The predicted octanol–water partition coefficient (Wildman–Crippen LogP) is 3.30. The molecule has 1 aliphatic carbocycles. The quantitative estimate of drug-likeness (QED) is 0.573. The molecule has 3 aromatic heterocycles. The number of aliphatic hydroxyl groups is 1. The maximum atomic E-state index is 9.70. The largest absolute Gasteiger partial charge is 0.393 e. The second kappa shape index (κ2) is 7.09. The lowest BCUT2D eigenvalue weighted by atomic mass is 9.93. The summed E-state index contributed by atoms with van der Waals surface area (Å²) < 4.78 is 3.72. The van der Waals surface area contributed by atoms with E-state index in [9.17, 15) is 5.11 Å². The van der Waals surface area contributed by atoms with Crippen molar-refractivity contribution in [2.45, 2.75) is 37.8 Å². The molecule has 3 heterocycles. The first-order chi connectivity index (χ1) is 13.8. The van der Waals surface area contributed by atoms with E-state index >= 15 is 0 Å². The molecule has 4 aromatic rings. The maximum absolute atomic E-state index is 9.70. The average molecular weight is 374 g/mol. The normalized spacial score (nSPS) is 19.8. The van der Waals surface area contributed by atoms with Crippen molar-refractivity contribution in [3.63, 3.8) is 0 Å². The Hall–Kier alpha value is -3.19. The molecule has 0 spiro atoms. The number of hydrogen-bond donors (Lipinski definition) is 2. The van der Waals surface area contributed by atoms with Crippen LogP contribution in [0, 0.1) is 0 Å². The summed E-state index contributed by atoms with van der Waals surface area (Å²) in [5, 5.41) is 22.3. The lowest BCUT2D eigenvalue weighted by molar-refractivity contribution is 0.126. The van der Waals surface area contributed by atoms with Gasteiger partial charge in [-0.15, -0.1) is 5.10 Å². The van der Waals surface area contributed by atoms with Crippen molar-refractivity contribution in [3.8, 4) is 16.9 Å². The van der Waals surface area contributed by atoms with Gasteiger partial charge in [0.15, 0.2) is 5.65 Å². The van der Waals surface area contributed by atoms with E-state index in [0.717, 1.165) is 54.1 Å². The predicted molar refractivity (Wildman–Crippen MR) is 107 cm³/mol. The average Bonchev–Trinajstić information content (AvgIpc) is 3.40. The Morgan fingerprint density at radius 1 is 1.04 bits per heavy atom. The highest BCUT2D eigenvalue weighted by atomic mass is 16.3. The van der Waals surface area contributed by atoms with E-state index in [1.807, 2.05) is 51.9 Å². The monoisotopic (exact) mass is 374 g/mol. The molecule has 7 heteroatoms. The number of anilines is 1. The molecule has 1 aromatic carbocycles. The highest BCUT2D eigenvalue weighted by Crippen LogP contribution is 2.25. The van der Waals surface area contributed by atoms with Gasteiger partial charge in [-0.05, 0) is 56.0 Å². The molecule has 0 bridgehead atoms. The van der Waals surface area contributed by atoms with Gasteiger partial charge in [0.05, 0.1) is 23.7 Å². The maximum Gasteiger partial charge on any atom is 0.154 e. The summed E-state index contributed by atoms with van der Waals surface area (Å²) in [7, 11) is 0. The first-order valence-corrected chi connectivity index (χ1v) is 9.66. The minimum absolute atomic E-state index is 0.157. The molecule has 2 N–H and O–H groups in total. The van der Waals surface area contributed by atoms with Gasteiger partial charge in [0, 0.05) is 24.0 Å². The molecule has 1 aliphatic rings. The van der Waals surface area contributed by atoms with Gasteiger partial charge >= 0.3 is 0 Å². The van der Waals surface area contributed by atoms with E-state index in [-0.39, 0.29) is 6.10 Å². The number of benzene rings is 1. The van der Waals surface area contributed by atoms with Crippen LogP contribution >= 0.6 is 0 Å². The number of aliphatic hydroxyl groups excluding tert-OH is 1. The Bertz CT molecular complexity index is 1080. The molecule has 1 fully saturated rings. The van der Waals surface area contributed by atoms with Gasteiger partial charge in [-0.1, -0.05) is 12.1 Å². The van der Waals surface area contributed by atoms with E-state index < -0.39 is 0 Å². The third-order valence-corrected chi connectivity index (χ3v) is 5.32. The lowest BCUT2D eigenvalue weighted by Gasteiger charge is -2.26. The van der Waals surface area contributed by atoms with Crippen LogP contribution in [0.3, 0.4) is 0 Å². The van der Waals surface area contributed by atoms with Crippen LogP contribution in [0.15, 0.2) is 61.1 Å². The highest BCUT2D eigenvalue weighted by Gasteiger charge is 2.19. The summed E-state index contributed by atoms with van der Waals surface area (Å²) >= 11 is 0. The van der Waals surface area contributed by atoms with Crippen molar-refractivity contribution in [1.29, 1.82) is 0 Å². The number of fused-ring (bicyclic) bond motifs is 1. The van der Waals surface area contributed by atoms with E-state index in [1.165, 1.54) is 0 Å². The van der Waals surface area contributed by atoms with Crippen LogP contribution < -0.4 is 5.32 Å². The molecule has 7 nitrogen and oxygen atoms in total. The third kappa shape index (κ3) is 3.25. The number of nitrogens with zero attached hydrogens (tertiary/aromatic N) is 5. The van der Waals surface area contributed by atoms with Crippen LogP contribution in [0.25, 0.3) is 22.6 Å². The third-order valence-electron chi connectivity index (χ3n) is 5.32. The zero-order valence-corrected chi connectivity index (χ0v) is 15.4. The zero-order chi connectivity index (χ0) is 18.9. The van der Waals surface area contributed by atoms with Crippen molar-refractivity contribution in [2.24, 2.45) is 0 Å². The first kappa shape index (κ1) is 16.9. The number of aromatic nitrogens is 5. The molecule has 0 saturated heterocycles. The Balaban J connectivity index is 1.46. The summed E-state index contributed by atoms with van der Waals surface area (Å²) in [4.78, 5) is 4.50. The van der Waals surface area contributed by atoms with Crippen molar-refractivity contribution < 1.29 is 5.11 Å². The van der Waals surface area contributed by atoms with E-state index in [2.05, 4.69) is 27.5 Å². The van der Waals surface area contributed by atoms with Gasteiger partial charge in [0.1, 0.15) is 5.82 Å². The van der Waals surface area contributed by atoms with Crippen LogP contribution in [-0.2, 0) is 0 Å². The zero-order valence-electron chi connectivity index (χ0n) is 15.4. The van der Waals surface area contributed by atoms with Crippen molar-refractivity contribution in [3.05, 3.63) is 61.1 Å². The number of rotatable bonds is 4. The summed E-state index contributed by atoms with van der Waals surface area (Å²) in [5.74, 6) is 0.830. The fraction of sp³-hybridized carbons (Fsp3) is 0.286. The molecule has 1 saturated carbocycles. The number of nitrogens with one attached hydrogen (secondary N) is 1. The SMILES string of the molecule is OC1CCC(Nc2ccc3ncc(-c4cccc(-n5cccn5)c4)n3n2)CC1. The second-order valence-corrected chi connectivity index (χ2v) is 7.28. The Morgan fingerprint density at radius 3 is 2.75 bits per heavy atom. The fourth-order valence-corrected chi connectivity index (χ4v) is 3.81. The Labute approximate surface area is 162 Å². The van der Waals surface area contributed by atoms with Gasteiger partial charge in [-0.3, -0.25) is 0 Å². The summed E-state index contributed by atoms with van der Waals surface area (Å²) in [6, 6.07) is 14.4. The topological polar surface area (TPSA) is 80.3 Å². The lowest BCUT2D eigenvalue weighted by Crippen LogP contribution is -2.28. The summed E-state index contributed by atoms with van der Waals surface area (Å²) in [6.07, 6.45) is 9.00. The van der Waals surface area contributed by atoms with Gasteiger partial charge < -0.3 is 10.4 Å². The molecule has 28 heavy (non-hydrogen) atoms. The molecule has 5 rings (SSSR count). The first-order valence-electron chi connectivity index (χ1n) is 9.66. The van der Waals surface area contributed by atoms with Gasteiger partial charge in [0.25, 0.3) is 0 Å². The number of hydrogen-bond acceptors (Lipinski definition) is 5. The van der Waals surface area contributed by atoms with Crippen molar-refractivity contribution in [1.82, 2.24) is 24.4 Å². The van der Waals surface area contributed by atoms with E-state index in [4.69, 9.17) is 5.10 Å². The van der Waals surface area contributed by atoms with Crippen LogP contribution in [-0.4, -0.2) is 41.6 Å². The summed E-state index contributed by atoms with van der Waals surface area (Å²) in [6.45, 7) is 0. The standard InChI is InChI=1S/C21H22N6O/c28-18-7-5-16(6-8-18)24-20-9-10-21-22-14-19(27(21)25-20)15-3-1-4-17(13-15)26-12-2-11-23-26/h1-4,9-14,16,18,28H,5-8H2,(H,24,25). The molecule has 0 unspecified atom stereocenters. The summed E-state index contributed by atoms with van der Waals surface area (Å²) in [5.41, 5.74) is 3.77. The van der Waals surface area contributed by atoms with Crippen LogP contribution in [0.1, 0.15) is 25.7 Å². The van der Waals surface area contributed by atoms with Gasteiger partial charge in [-0.25, -0.2) is 14.2 Å². The molecule has 0 atom stereocenters. The fourth-order valence-electron chi connectivity index (χ4n) is 3.81. The molecule has 0 radical (unpaired) electrons. The second-order valence-electron chi connectivity index (χ2n) is 7.28. The van der Waals surface area contributed by atoms with Crippen molar-refractivity contribution >= 4 is 11.5 Å². The molecule has 142 valence electrons. The minimum atomic E-state index is -0.157. The van der Waals surface area contributed by atoms with Crippen molar-refractivity contribution in [2.75, 3.05) is 5.32 Å². The molecule has 0 aliphatic heterocycles. The van der Waals surface area contributed by atoms with E-state index in [0.29, 0.717) is 6.04 Å². The Kier molecular flexibility index (Phi) is 4.29. The van der Waals surface area contributed by atoms with Crippen LogP contribution in [0.4, 0.5) is 5.82 Å². The Morgan fingerprint density at radius 2 is 1.93 bits per heavy atom. The van der Waals surface area contributed by atoms with Crippen LogP contribution in [0.5, 0.6) is 0 Å². The highest BCUT2D eigenvalue weighted by molar-refractivity contribution is 5.66. The molecule has 0 amide bonds. The minimum Gasteiger partial charge on any atom is -0.393 e. The van der Waals surface area contributed by atoms with Gasteiger partial charge in [0.2, 0.25) is 0 Å². The molecular weight excluding hydrogens is 352 g/mol. The van der Waals surface area contributed by atoms with Gasteiger partial charge in [-0.2, -0.15) is 5.10 Å². The van der Waals surface area contributed by atoms with E-state index in [1.54, 1.807) is 6.20 Å². The number of imidazole rings is 1. The van der Waals surface area contributed by atoms with Crippen LogP contribution in [0.2, 0.25) is 0 Å².